The van der Waals surface area contributed by atoms with Crippen molar-refractivity contribution in [1.82, 2.24) is 10.2 Å². The molecule has 6 heteroatoms. The van der Waals surface area contributed by atoms with Crippen LogP contribution in [0.5, 0.6) is 5.75 Å². The Morgan fingerprint density at radius 1 is 1.11 bits per heavy atom. The summed E-state index contributed by atoms with van der Waals surface area (Å²) in [5.41, 5.74) is 1.83. The van der Waals surface area contributed by atoms with Crippen LogP contribution < -0.4 is 10.1 Å². The maximum atomic E-state index is 13.2. The van der Waals surface area contributed by atoms with E-state index >= 15 is 0 Å². The second-order valence-electron chi connectivity index (χ2n) is 6.72. The molecular weight excluding hydrogens is 359 g/mol. The summed E-state index contributed by atoms with van der Waals surface area (Å²) in [6.45, 7) is 6.16. The minimum atomic E-state index is -0.675. The number of nitrogens with one attached hydrogen (secondary N) is 1. The molecule has 0 radical (unpaired) electrons. The third-order valence-corrected chi connectivity index (χ3v) is 4.37. The van der Waals surface area contributed by atoms with E-state index < -0.39 is 6.04 Å². The number of halogens is 1. The highest BCUT2D eigenvalue weighted by Crippen LogP contribution is 2.14. The fourth-order valence-electron chi connectivity index (χ4n) is 2.63. The van der Waals surface area contributed by atoms with Gasteiger partial charge in [-0.1, -0.05) is 36.8 Å². The van der Waals surface area contributed by atoms with Crippen LogP contribution in [0.25, 0.3) is 0 Å². The lowest BCUT2D eigenvalue weighted by Crippen LogP contribution is -2.49. The molecule has 1 N–H and O–H groups in total. The molecule has 0 bridgehead atoms. The van der Waals surface area contributed by atoms with Crippen molar-refractivity contribution in [2.45, 2.75) is 39.8 Å². The summed E-state index contributed by atoms with van der Waals surface area (Å²) >= 11 is 0. The molecule has 5 nitrogen and oxygen atoms in total. The number of aryl methyl sites for hydroxylation is 1. The monoisotopic (exact) mass is 386 g/mol. The van der Waals surface area contributed by atoms with Crippen molar-refractivity contribution in [3.8, 4) is 5.75 Å². The van der Waals surface area contributed by atoms with Gasteiger partial charge in [0.15, 0.2) is 6.61 Å². The van der Waals surface area contributed by atoms with Crippen LogP contribution in [0.3, 0.4) is 0 Å². The first-order valence-electron chi connectivity index (χ1n) is 9.41. The van der Waals surface area contributed by atoms with Crippen molar-refractivity contribution >= 4 is 11.8 Å². The first-order valence-corrected chi connectivity index (χ1v) is 9.41. The van der Waals surface area contributed by atoms with Crippen LogP contribution in [-0.4, -0.2) is 35.9 Å². The normalized spacial score (nSPS) is 11.6. The Morgan fingerprint density at radius 3 is 2.36 bits per heavy atom. The third-order valence-electron chi connectivity index (χ3n) is 4.37. The lowest BCUT2D eigenvalue weighted by molar-refractivity contribution is -0.142. The fraction of sp³-hybridized carbons (Fsp3) is 0.364. The van der Waals surface area contributed by atoms with Gasteiger partial charge in [0.1, 0.15) is 17.6 Å². The maximum Gasteiger partial charge on any atom is 0.261 e. The number of hydrogen-bond donors (Lipinski definition) is 1. The van der Waals surface area contributed by atoms with Gasteiger partial charge in [-0.15, -0.1) is 0 Å². The Bertz CT molecular complexity index is 775. The summed E-state index contributed by atoms with van der Waals surface area (Å²) in [7, 11) is 0. The average molecular weight is 386 g/mol. The van der Waals surface area contributed by atoms with Gasteiger partial charge < -0.3 is 15.0 Å². The molecule has 0 aromatic heterocycles. The van der Waals surface area contributed by atoms with Crippen molar-refractivity contribution in [3.05, 3.63) is 65.5 Å². The van der Waals surface area contributed by atoms with Crippen LogP contribution in [-0.2, 0) is 16.1 Å². The molecule has 2 amide bonds. The van der Waals surface area contributed by atoms with Crippen LogP contribution in [0.1, 0.15) is 31.4 Å². The molecule has 1 atom stereocenters. The van der Waals surface area contributed by atoms with Gasteiger partial charge in [-0.3, -0.25) is 9.59 Å². The quantitative estimate of drug-likeness (QED) is 0.718. The van der Waals surface area contributed by atoms with Gasteiger partial charge in [0.25, 0.3) is 5.91 Å². The predicted molar refractivity (Wildman–Crippen MR) is 106 cm³/mol. The predicted octanol–water partition coefficient (Wildman–Crippen LogP) is 3.46. The van der Waals surface area contributed by atoms with E-state index in [0.29, 0.717) is 12.3 Å². The zero-order valence-corrected chi connectivity index (χ0v) is 16.6. The number of benzene rings is 2. The van der Waals surface area contributed by atoms with Crippen molar-refractivity contribution in [2.24, 2.45) is 0 Å². The average Bonchev–Trinajstić information content (AvgIpc) is 2.70. The molecular formula is C22H27FN2O3. The largest absolute Gasteiger partial charge is 0.484 e. The number of nitrogens with zero attached hydrogens (tertiary/aromatic N) is 1. The van der Waals surface area contributed by atoms with E-state index in [1.54, 1.807) is 31.2 Å². The summed E-state index contributed by atoms with van der Waals surface area (Å²) in [4.78, 5) is 26.7. The Balaban J connectivity index is 2.10. The number of carbonyl (C=O) groups excluding carboxylic acids is 2. The van der Waals surface area contributed by atoms with E-state index in [4.69, 9.17) is 4.74 Å². The zero-order chi connectivity index (χ0) is 20.5. The van der Waals surface area contributed by atoms with Crippen LogP contribution in [0, 0.1) is 12.7 Å². The lowest BCUT2D eigenvalue weighted by Gasteiger charge is -2.28. The molecule has 150 valence electrons. The fourth-order valence-corrected chi connectivity index (χ4v) is 2.63. The van der Waals surface area contributed by atoms with E-state index in [0.717, 1.165) is 17.5 Å². The molecule has 0 spiro atoms. The van der Waals surface area contributed by atoms with Crippen LogP contribution in [0.15, 0.2) is 48.5 Å². The van der Waals surface area contributed by atoms with Crippen molar-refractivity contribution in [3.63, 3.8) is 0 Å². The highest BCUT2D eigenvalue weighted by atomic mass is 19.1. The molecule has 2 aromatic carbocycles. The molecule has 2 rings (SSSR count). The number of carbonyl (C=O) groups is 2. The van der Waals surface area contributed by atoms with Gasteiger partial charge in [-0.2, -0.15) is 0 Å². The second-order valence-corrected chi connectivity index (χ2v) is 6.72. The van der Waals surface area contributed by atoms with E-state index in [9.17, 15) is 14.0 Å². The molecule has 0 saturated heterocycles. The molecule has 0 aliphatic rings. The van der Waals surface area contributed by atoms with Crippen LogP contribution in [0.4, 0.5) is 4.39 Å². The number of rotatable bonds is 9. The molecule has 0 aliphatic heterocycles. The second kappa shape index (κ2) is 10.4. The Kier molecular flexibility index (Phi) is 7.99. The van der Waals surface area contributed by atoms with Gasteiger partial charge >= 0.3 is 0 Å². The van der Waals surface area contributed by atoms with Gasteiger partial charge in [-0.25, -0.2) is 4.39 Å². The summed E-state index contributed by atoms with van der Waals surface area (Å²) in [6, 6.07) is 12.6. The molecule has 0 aliphatic carbocycles. The number of amides is 2. The highest BCUT2D eigenvalue weighted by Gasteiger charge is 2.26. The highest BCUT2D eigenvalue weighted by molar-refractivity contribution is 5.87. The Labute approximate surface area is 165 Å². The Hall–Kier alpha value is -2.89. The van der Waals surface area contributed by atoms with Crippen molar-refractivity contribution in [1.29, 1.82) is 0 Å². The van der Waals surface area contributed by atoms with Gasteiger partial charge in [0.05, 0.1) is 0 Å². The van der Waals surface area contributed by atoms with E-state index in [2.05, 4.69) is 5.32 Å². The van der Waals surface area contributed by atoms with Gasteiger partial charge in [0, 0.05) is 13.1 Å². The number of hydrogen-bond acceptors (Lipinski definition) is 3. The Morgan fingerprint density at radius 2 is 1.75 bits per heavy atom. The summed E-state index contributed by atoms with van der Waals surface area (Å²) < 4.78 is 18.8. The van der Waals surface area contributed by atoms with Crippen LogP contribution >= 0.6 is 0 Å². The molecule has 28 heavy (non-hydrogen) atoms. The summed E-state index contributed by atoms with van der Waals surface area (Å²) in [6.07, 6.45) is 0.806. The standard InChI is InChI=1S/C22H27FN2O3/c1-4-13-24-22(27)17(3)25(14-18-7-9-19(23)10-8-18)21(26)15-28-20-11-5-16(2)6-12-20/h5-12,17H,4,13-15H2,1-3H3,(H,24,27)/t17-/m1/s1. The van der Waals surface area contributed by atoms with E-state index in [-0.39, 0.29) is 30.8 Å². The van der Waals surface area contributed by atoms with E-state index in [1.165, 1.54) is 17.0 Å². The minimum Gasteiger partial charge on any atom is -0.484 e. The topological polar surface area (TPSA) is 58.6 Å². The summed E-state index contributed by atoms with van der Waals surface area (Å²) in [5.74, 6) is -0.307. The molecule has 0 unspecified atom stereocenters. The summed E-state index contributed by atoms with van der Waals surface area (Å²) in [5, 5.41) is 2.81. The minimum absolute atomic E-state index is 0.185. The zero-order valence-electron chi connectivity index (χ0n) is 16.6. The van der Waals surface area contributed by atoms with Crippen LogP contribution in [0.2, 0.25) is 0 Å². The van der Waals surface area contributed by atoms with Crippen molar-refractivity contribution < 1.29 is 18.7 Å². The lowest BCUT2D eigenvalue weighted by atomic mass is 10.1. The van der Waals surface area contributed by atoms with Gasteiger partial charge in [0.2, 0.25) is 5.91 Å². The van der Waals surface area contributed by atoms with Crippen molar-refractivity contribution in [2.75, 3.05) is 13.2 Å². The smallest absolute Gasteiger partial charge is 0.261 e. The number of ether oxygens (including phenoxy) is 1. The molecule has 0 fully saturated rings. The van der Waals surface area contributed by atoms with E-state index in [1.807, 2.05) is 26.0 Å². The maximum absolute atomic E-state index is 13.2. The van der Waals surface area contributed by atoms with Gasteiger partial charge in [-0.05, 0) is 50.1 Å². The SMILES string of the molecule is CCCNC(=O)[C@@H](C)N(Cc1ccc(F)cc1)C(=O)COc1ccc(C)cc1. The first kappa shape index (κ1) is 21.4. The third kappa shape index (κ3) is 6.37. The first-order chi connectivity index (χ1) is 13.4. The molecule has 2 aromatic rings. The molecule has 0 saturated carbocycles. The molecule has 0 heterocycles.